The van der Waals surface area contributed by atoms with Crippen LogP contribution in [-0.2, 0) is 0 Å². The lowest BCUT2D eigenvalue weighted by molar-refractivity contribution is 0.839. The van der Waals surface area contributed by atoms with Crippen LogP contribution in [-0.4, -0.2) is 19.7 Å². The van der Waals surface area contributed by atoms with E-state index in [-0.39, 0.29) is 11.1 Å². The second-order valence-electron chi connectivity index (χ2n) is 5.58. The lowest BCUT2D eigenvalue weighted by Crippen LogP contribution is -2.13. The molecule has 126 valence electrons. The van der Waals surface area contributed by atoms with Crippen LogP contribution < -0.4 is 5.43 Å². The van der Waals surface area contributed by atoms with E-state index in [1.807, 2.05) is 42.5 Å². The number of rotatable bonds is 3. The molecule has 4 rings (SSSR count). The monoisotopic (exact) mass is 360 g/mol. The van der Waals surface area contributed by atoms with E-state index >= 15 is 0 Å². The molecular weight excluding hydrogens is 348 g/mol. The van der Waals surface area contributed by atoms with Gasteiger partial charge in [-0.25, -0.2) is 14.6 Å². The molecule has 0 spiro atoms. The van der Waals surface area contributed by atoms with Gasteiger partial charge in [0.1, 0.15) is 0 Å². The zero-order chi connectivity index (χ0) is 17.9. The van der Waals surface area contributed by atoms with Gasteiger partial charge in [-0.05, 0) is 30.3 Å². The second-order valence-corrected chi connectivity index (χ2v) is 6.02. The van der Waals surface area contributed by atoms with Gasteiger partial charge in [-0.1, -0.05) is 41.9 Å². The Labute approximate surface area is 154 Å². The van der Waals surface area contributed by atoms with Crippen molar-refractivity contribution < 1.29 is 0 Å². The van der Waals surface area contributed by atoms with Crippen LogP contribution in [0.2, 0.25) is 5.02 Å². The van der Waals surface area contributed by atoms with Gasteiger partial charge in [-0.15, -0.1) is 0 Å². The fraction of sp³-hybridized carbons (Fsp3) is 0. The summed E-state index contributed by atoms with van der Waals surface area (Å²) in [7, 11) is 0. The number of halogens is 1. The summed E-state index contributed by atoms with van der Waals surface area (Å²) in [5, 5.41) is 5.09. The molecule has 0 radical (unpaired) electrons. The molecule has 0 atom stereocenters. The highest BCUT2D eigenvalue weighted by Crippen LogP contribution is 2.18. The first kappa shape index (κ1) is 16.2. The van der Waals surface area contributed by atoms with Gasteiger partial charge in [-0.2, -0.15) is 5.10 Å². The molecule has 4 aromatic rings. The summed E-state index contributed by atoms with van der Waals surface area (Å²) in [6, 6.07) is 20.0. The Balaban J connectivity index is 1.80. The smallest absolute Gasteiger partial charge is 0.209 e. The number of benzene rings is 2. The van der Waals surface area contributed by atoms with E-state index in [2.05, 4.69) is 15.1 Å². The highest BCUT2D eigenvalue weighted by Gasteiger charge is 2.10. The van der Waals surface area contributed by atoms with Gasteiger partial charge in [-0.3, -0.25) is 4.79 Å². The first-order valence-corrected chi connectivity index (χ1v) is 8.33. The molecule has 0 unspecified atom stereocenters. The van der Waals surface area contributed by atoms with E-state index in [1.54, 1.807) is 35.3 Å². The van der Waals surface area contributed by atoms with Gasteiger partial charge in [0.15, 0.2) is 11.5 Å². The van der Waals surface area contributed by atoms with Crippen molar-refractivity contribution in [1.82, 2.24) is 19.7 Å². The molecule has 2 heterocycles. The molecule has 2 aromatic carbocycles. The number of hydrogen-bond acceptors (Lipinski definition) is 4. The lowest BCUT2D eigenvalue weighted by atomic mass is 10.2. The van der Waals surface area contributed by atoms with Gasteiger partial charge in [0.05, 0.1) is 11.4 Å². The average Bonchev–Trinajstić information content (AvgIpc) is 2.70. The molecule has 0 amide bonds. The quantitative estimate of drug-likeness (QED) is 0.554. The molecule has 5 nitrogen and oxygen atoms in total. The van der Waals surface area contributed by atoms with E-state index in [1.165, 1.54) is 6.07 Å². The van der Waals surface area contributed by atoms with Crippen LogP contribution in [0.25, 0.3) is 28.5 Å². The molecule has 0 saturated carbocycles. The number of aromatic nitrogens is 4. The molecule has 6 heteroatoms. The van der Waals surface area contributed by atoms with Gasteiger partial charge < -0.3 is 0 Å². The van der Waals surface area contributed by atoms with Gasteiger partial charge in [0.2, 0.25) is 5.43 Å². The van der Waals surface area contributed by atoms with Crippen LogP contribution in [0.3, 0.4) is 0 Å². The number of nitrogens with zero attached hydrogens (tertiary/aromatic N) is 4. The summed E-state index contributed by atoms with van der Waals surface area (Å²) in [5.74, 6) is 0.547. The van der Waals surface area contributed by atoms with Crippen LogP contribution in [0.4, 0.5) is 0 Å². The molecule has 0 fully saturated rings. The average molecular weight is 361 g/mol. The Bertz CT molecular complexity index is 1110. The summed E-state index contributed by atoms with van der Waals surface area (Å²) in [4.78, 5) is 21.2. The molecule has 0 aliphatic carbocycles. The maximum Gasteiger partial charge on any atom is 0.209 e. The maximum atomic E-state index is 12.3. The van der Waals surface area contributed by atoms with Gasteiger partial charge >= 0.3 is 0 Å². The zero-order valence-electron chi connectivity index (χ0n) is 13.6. The highest BCUT2D eigenvalue weighted by atomic mass is 35.5. The molecule has 0 N–H and O–H groups in total. The fourth-order valence-electron chi connectivity index (χ4n) is 2.54. The Morgan fingerprint density at radius 3 is 2.42 bits per heavy atom. The predicted molar refractivity (Wildman–Crippen MR) is 101 cm³/mol. The Hall–Kier alpha value is -3.31. The first-order chi connectivity index (χ1) is 12.7. The summed E-state index contributed by atoms with van der Waals surface area (Å²) in [6.45, 7) is 0. The standard InChI is InChI=1S/C20H13ClN4O/c21-15-6-8-16(9-7-15)25-13-11-18(26)19(24-25)17-10-12-22-20(23-17)14-4-2-1-3-5-14/h1-13H. The van der Waals surface area contributed by atoms with Crippen molar-refractivity contribution in [3.05, 3.63) is 94.4 Å². The van der Waals surface area contributed by atoms with Crippen molar-refractivity contribution in [1.29, 1.82) is 0 Å². The van der Waals surface area contributed by atoms with Crippen molar-refractivity contribution in [3.63, 3.8) is 0 Å². The normalized spacial score (nSPS) is 10.7. The first-order valence-electron chi connectivity index (χ1n) is 7.95. The molecule has 0 aliphatic rings. The lowest BCUT2D eigenvalue weighted by Gasteiger charge is -2.08. The van der Waals surface area contributed by atoms with Gasteiger partial charge in [0.25, 0.3) is 0 Å². The predicted octanol–water partition coefficient (Wildman–Crippen LogP) is 4.01. The Kier molecular flexibility index (Phi) is 4.29. The minimum absolute atomic E-state index is 0.201. The summed E-state index contributed by atoms with van der Waals surface area (Å²) in [6.07, 6.45) is 3.25. The molecule has 0 bridgehead atoms. The van der Waals surface area contributed by atoms with Crippen molar-refractivity contribution in [2.45, 2.75) is 0 Å². The van der Waals surface area contributed by atoms with E-state index in [0.29, 0.717) is 16.5 Å². The van der Waals surface area contributed by atoms with E-state index in [9.17, 15) is 4.79 Å². The molecular formula is C20H13ClN4O. The van der Waals surface area contributed by atoms with Crippen LogP contribution >= 0.6 is 11.6 Å². The van der Waals surface area contributed by atoms with Crippen LogP contribution in [0.5, 0.6) is 0 Å². The van der Waals surface area contributed by atoms with Crippen LogP contribution in [0.15, 0.2) is 83.9 Å². The van der Waals surface area contributed by atoms with Gasteiger partial charge in [0, 0.05) is 29.0 Å². The minimum atomic E-state index is -0.201. The molecule has 0 aliphatic heterocycles. The van der Waals surface area contributed by atoms with Crippen LogP contribution in [0.1, 0.15) is 0 Å². The maximum absolute atomic E-state index is 12.3. The number of hydrogen-bond donors (Lipinski definition) is 0. The van der Waals surface area contributed by atoms with E-state index in [0.717, 1.165) is 11.3 Å². The van der Waals surface area contributed by atoms with E-state index < -0.39 is 0 Å². The topological polar surface area (TPSA) is 60.7 Å². The Morgan fingerprint density at radius 1 is 0.885 bits per heavy atom. The summed E-state index contributed by atoms with van der Waals surface area (Å²) in [5.41, 5.74) is 2.22. The largest absolute Gasteiger partial charge is 0.287 e. The minimum Gasteiger partial charge on any atom is -0.287 e. The fourth-order valence-corrected chi connectivity index (χ4v) is 2.67. The van der Waals surface area contributed by atoms with Crippen molar-refractivity contribution in [2.75, 3.05) is 0 Å². The summed E-state index contributed by atoms with van der Waals surface area (Å²) < 4.78 is 1.62. The van der Waals surface area contributed by atoms with Crippen molar-refractivity contribution >= 4 is 11.6 Å². The third-order valence-corrected chi connectivity index (χ3v) is 4.08. The summed E-state index contributed by atoms with van der Waals surface area (Å²) >= 11 is 5.93. The highest BCUT2D eigenvalue weighted by molar-refractivity contribution is 6.30. The third-order valence-electron chi connectivity index (χ3n) is 3.83. The SMILES string of the molecule is O=c1ccn(-c2ccc(Cl)cc2)nc1-c1ccnc(-c2ccccc2)n1. The molecule has 2 aromatic heterocycles. The van der Waals surface area contributed by atoms with Crippen molar-refractivity contribution in [2.24, 2.45) is 0 Å². The molecule has 26 heavy (non-hydrogen) atoms. The zero-order valence-corrected chi connectivity index (χ0v) is 14.3. The Morgan fingerprint density at radius 2 is 1.65 bits per heavy atom. The van der Waals surface area contributed by atoms with Crippen LogP contribution in [0, 0.1) is 0 Å². The van der Waals surface area contributed by atoms with Crippen molar-refractivity contribution in [3.8, 4) is 28.5 Å². The molecule has 0 saturated heterocycles. The third kappa shape index (κ3) is 3.25. The van der Waals surface area contributed by atoms with E-state index in [4.69, 9.17) is 11.6 Å². The second kappa shape index (κ2) is 6.90.